The number of pyridine rings is 1. The molecule has 2 aromatic carbocycles. The molecule has 200 valence electrons. The zero-order chi connectivity index (χ0) is 27.7. The first-order valence-corrected chi connectivity index (χ1v) is 13.5. The van der Waals surface area contributed by atoms with E-state index < -0.39 is 0 Å². The number of anilines is 2. The van der Waals surface area contributed by atoms with Crippen molar-refractivity contribution >= 4 is 57.8 Å². The molecule has 0 bridgehead atoms. The predicted molar refractivity (Wildman–Crippen MR) is 160 cm³/mol. The van der Waals surface area contributed by atoms with E-state index in [1.165, 1.54) is 7.11 Å². The number of ether oxygens (including phenoxy) is 1. The molecule has 1 aliphatic heterocycles. The molecule has 5 rings (SSSR count). The first-order valence-electron chi connectivity index (χ1n) is 12.3. The fraction of sp³-hybridized carbons (Fsp3) is 0.207. The van der Waals surface area contributed by atoms with Crippen LogP contribution < -0.4 is 15.5 Å². The smallest absolute Gasteiger partial charge is 0.250 e. The maximum atomic E-state index is 12.0. The van der Waals surface area contributed by atoms with Crippen molar-refractivity contribution in [3.8, 4) is 5.69 Å². The molecule has 10 heteroatoms. The second kappa shape index (κ2) is 11.4. The number of halogens is 2. The van der Waals surface area contributed by atoms with Crippen LogP contribution in [0.2, 0.25) is 10.0 Å². The van der Waals surface area contributed by atoms with Crippen molar-refractivity contribution in [3.05, 3.63) is 106 Å². The van der Waals surface area contributed by atoms with Crippen molar-refractivity contribution in [1.29, 1.82) is 0 Å². The van der Waals surface area contributed by atoms with Gasteiger partial charge in [0.25, 0.3) is 0 Å². The highest BCUT2D eigenvalue weighted by molar-refractivity contribution is 7.80. The van der Waals surface area contributed by atoms with E-state index in [4.69, 9.17) is 40.2 Å². The van der Waals surface area contributed by atoms with Crippen LogP contribution in [0.1, 0.15) is 34.7 Å². The fourth-order valence-corrected chi connectivity index (χ4v) is 5.83. The van der Waals surface area contributed by atoms with Crippen LogP contribution in [0, 0.1) is 13.8 Å². The number of amides is 1. The maximum absolute atomic E-state index is 12.0. The van der Waals surface area contributed by atoms with Gasteiger partial charge in [-0.15, -0.1) is 0 Å². The molecule has 0 saturated carbocycles. The molecule has 0 radical (unpaired) electrons. The molecule has 1 fully saturated rings. The molecule has 0 spiro atoms. The van der Waals surface area contributed by atoms with Gasteiger partial charge in [-0.1, -0.05) is 35.3 Å². The zero-order valence-electron chi connectivity index (χ0n) is 21.6. The second-order valence-corrected chi connectivity index (χ2v) is 10.4. The predicted octanol–water partition coefficient (Wildman–Crippen LogP) is 6.56. The average Bonchev–Trinajstić information content (AvgIpc) is 3.42. The Morgan fingerprint density at radius 1 is 1.10 bits per heavy atom. The number of benzene rings is 2. The lowest BCUT2D eigenvalue weighted by molar-refractivity contribution is -0.119. The summed E-state index contributed by atoms with van der Waals surface area (Å²) >= 11 is 18.9. The Labute approximate surface area is 242 Å². The standard InChI is InChI=1S/C29H27Cl2N5O2S/c1-17-15-21(18(2)35(17)24-9-6-7-22(30)26(24)31)28-27(23-8-4-5-14-32-23)34-29(39)36(28)20-12-10-19(11-13-20)33-25(37)16-38-3/h4-15,27-28H,16H2,1-3H3,(H,33,37)(H,34,39)/t27-,28+/m0/s1. The molecule has 2 aromatic heterocycles. The average molecular weight is 581 g/mol. The van der Waals surface area contributed by atoms with E-state index in [0.29, 0.717) is 20.8 Å². The van der Waals surface area contributed by atoms with Gasteiger partial charge in [0.2, 0.25) is 5.91 Å². The Hall–Kier alpha value is -3.43. The monoisotopic (exact) mass is 579 g/mol. The topological polar surface area (TPSA) is 71.4 Å². The van der Waals surface area contributed by atoms with Crippen LogP contribution in [0.4, 0.5) is 11.4 Å². The third-order valence-corrected chi connectivity index (χ3v) is 7.89. The van der Waals surface area contributed by atoms with Gasteiger partial charge < -0.3 is 24.8 Å². The molecule has 2 N–H and O–H groups in total. The van der Waals surface area contributed by atoms with Gasteiger partial charge in [-0.25, -0.2) is 0 Å². The molecule has 0 aliphatic carbocycles. The minimum Gasteiger partial charge on any atom is -0.375 e. The van der Waals surface area contributed by atoms with Crippen molar-refractivity contribution in [3.63, 3.8) is 0 Å². The zero-order valence-corrected chi connectivity index (χ0v) is 23.9. The lowest BCUT2D eigenvalue weighted by atomic mass is 9.96. The second-order valence-electron chi connectivity index (χ2n) is 9.26. The molecule has 2 atom stereocenters. The molecule has 1 aliphatic rings. The number of hydrogen-bond acceptors (Lipinski definition) is 4. The van der Waals surface area contributed by atoms with Gasteiger partial charge in [0.05, 0.1) is 33.5 Å². The Balaban J connectivity index is 1.60. The van der Waals surface area contributed by atoms with Crippen LogP contribution in [0.5, 0.6) is 0 Å². The van der Waals surface area contributed by atoms with Gasteiger partial charge in [0.1, 0.15) is 6.61 Å². The molecule has 1 saturated heterocycles. The first kappa shape index (κ1) is 27.1. The number of carbonyl (C=O) groups is 1. The van der Waals surface area contributed by atoms with Gasteiger partial charge in [0.15, 0.2) is 5.11 Å². The largest absolute Gasteiger partial charge is 0.375 e. The van der Waals surface area contributed by atoms with Crippen molar-refractivity contribution in [1.82, 2.24) is 14.9 Å². The Kier molecular flexibility index (Phi) is 7.91. The van der Waals surface area contributed by atoms with Crippen molar-refractivity contribution in [2.45, 2.75) is 25.9 Å². The van der Waals surface area contributed by atoms with Crippen LogP contribution in [0.3, 0.4) is 0 Å². The SMILES string of the molecule is COCC(=O)Nc1ccc(N2C(=S)N[C@@H](c3ccccn3)[C@H]2c2cc(C)n(-c3cccc(Cl)c3Cl)c2C)cc1. The lowest BCUT2D eigenvalue weighted by Crippen LogP contribution is -2.29. The third kappa shape index (κ3) is 5.25. The van der Waals surface area contributed by atoms with E-state index in [1.807, 2.05) is 61.5 Å². The highest BCUT2D eigenvalue weighted by atomic mass is 35.5. The normalized spacial score (nSPS) is 16.8. The van der Waals surface area contributed by atoms with E-state index in [-0.39, 0.29) is 24.6 Å². The molecular weight excluding hydrogens is 553 g/mol. The summed E-state index contributed by atoms with van der Waals surface area (Å²) in [5.74, 6) is -0.219. The number of rotatable bonds is 7. The first-order chi connectivity index (χ1) is 18.8. The Bertz CT molecular complexity index is 1520. The van der Waals surface area contributed by atoms with E-state index in [1.54, 1.807) is 12.3 Å². The maximum Gasteiger partial charge on any atom is 0.250 e. The number of methoxy groups -OCH3 is 1. The van der Waals surface area contributed by atoms with E-state index >= 15 is 0 Å². The highest BCUT2D eigenvalue weighted by Crippen LogP contribution is 2.44. The van der Waals surface area contributed by atoms with Crippen molar-refractivity contribution in [2.75, 3.05) is 23.9 Å². The highest BCUT2D eigenvalue weighted by Gasteiger charge is 2.42. The summed E-state index contributed by atoms with van der Waals surface area (Å²) in [4.78, 5) is 18.7. The van der Waals surface area contributed by atoms with E-state index in [9.17, 15) is 4.79 Å². The van der Waals surface area contributed by atoms with Gasteiger partial charge >= 0.3 is 0 Å². The molecule has 3 heterocycles. The molecule has 4 aromatic rings. The summed E-state index contributed by atoms with van der Waals surface area (Å²) in [6, 6.07) is 20.8. The third-order valence-electron chi connectivity index (χ3n) is 6.76. The fourth-order valence-electron chi connectivity index (χ4n) is 5.11. The van der Waals surface area contributed by atoms with Crippen LogP contribution in [0.15, 0.2) is 72.9 Å². The number of carbonyl (C=O) groups excluding carboxylic acids is 1. The van der Waals surface area contributed by atoms with Gasteiger partial charge in [-0.2, -0.15) is 0 Å². The Morgan fingerprint density at radius 3 is 2.56 bits per heavy atom. The van der Waals surface area contributed by atoms with E-state index in [2.05, 4.69) is 38.1 Å². The number of aryl methyl sites for hydroxylation is 1. The summed E-state index contributed by atoms with van der Waals surface area (Å²) < 4.78 is 7.03. The number of nitrogens with one attached hydrogen (secondary N) is 2. The molecule has 1 amide bonds. The van der Waals surface area contributed by atoms with Gasteiger partial charge in [0, 0.05) is 36.1 Å². The number of nitrogens with zero attached hydrogens (tertiary/aromatic N) is 3. The summed E-state index contributed by atoms with van der Waals surface area (Å²) in [7, 11) is 1.49. The lowest BCUT2D eigenvalue weighted by Gasteiger charge is -2.28. The minimum absolute atomic E-state index is 0.0119. The molecule has 7 nitrogen and oxygen atoms in total. The van der Waals surface area contributed by atoms with Crippen LogP contribution in [0.25, 0.3) is 5.69 Å². The minimum atomic E-state index is -0.219. The van der Waals surface area contributed by atoms with E-state index in [0.717, 1.165) is 34.0 Å². The number of aromatic nitrogens is 2. The van der Waals surface area contributed by atoms with Crippen molar-refractivity contribution < 1.29 is 9.53 Å². The summed E-state index contributed by atoms with van der Waals surface area (Å²) in [5, 5.41) is 7.90. The summed E-state index contributed by atoms with van der Waals surface area (Å²) in [5.41, 5.74) is 6.35. The van der Waals surface area contributed by atoms with Crippen molar-refractivity contribution in [2.24, 2.45) is 0 Å². The van der Waals surface area contributed by atoms with Crippen LogP contribution >= 0.6 is 35.4 Å². The molecule has 0 unspecified atom stereocenters. The number of hydrogen-bond donors (Lipinski definition) is 2. The van der Waals surface area contributed by atoms with Crippen LogP contribution in [-0.2, 0) is 9.53 Å². The Morgan fingerprint density at radius 2 is 1.87 bits per heavy atom. The van der Waals surface area contributed by atoms with Gasteiger partial charge in [-0.3, -0.25) is 9.78 Å². The quantitative estimate of drug-likeness (QED) is 0.242. The summed E-state index contributed by atoms with van der Waals surface area (Å²) in [6.07, 6.45) is 1.78. The molecular formula is C29H27Cl2N5O2S. The number of thiocarbonyl (C=S) groups is 1. The van der Waals surface area contributed by atoms with Crippen LogP contribution in [-0.4, -0.2) is 34.3 Å². The summed E-state index contributed by atoms with van der Waals surface area (Å²) in [6.45, 7) is 4.11. The van der Waals surface area contributed by atoms with Gasteiger partial charge in [-0.05, 0) is 86.2 Å². The molecule has 39 heavy (non-hydrogen) atoms.